The number of hydrogen-bond donors (Lipinski definition) is 0. The van der Waals surface area contributed by atoms with Crippen LogP contribution >= 0.6 is 22.9 Å². The number of ketones is 1. The highest BCUT2D eigenvalue weighted by molar-refractivity contribution is 7.12. The largest absolute Gasteiger partial charge is 0.287 e. The summed E-state index contributed by atoms with van der Waals surface area (Å²) in [5, 5.41) is 2.42. The Morgan fingerprint density at radius 2 is 1.50 bits per heavy atom. The molecule has 1 aromatic heterocycles. The van der Waals surface area contributed by atoms with Crippen molar-refractivity contribution in [2.45, 2.75) is 64.2 Å². The lowest BCUT2D eigenvalue weighted by molar-refractivity contribution is 0.104. The lowest BCUT2D eigenvalue weighted by atomic mass is 10.00. The summed E-state index contributed by atoms with van der Waals surface area (Å²) in [6.07, 6.45) is 12.2. The molecule has 0 saturated heterocycles. The minimum atomic E-state index is 0.0199. The van der Waals surface area contributed by atoms with Crippen LogP contribution in [0.1, 0.15) is 73.9 Å². The molecule has 0 N–H and O–H groups in total. The SMILES string of the molecule is O=C(C(Cl)=C1CCCCCCCCCC1)c1cccs1. The Balaban J connectivity index is 2.07. The van der Waals surface area contributed by atoms with Crippen LogP contribution in [0, 0.1) is 0 Å². The monoisotopic (exact) mass is 310 g/mol. The highest BCUT2D eigenvalue weighted by atomic mass is 35.5. The zero-order valence-electron chi connectivity index (χ0n) is 12.0. The Morgan fingerprint density at radius 1 is 0.950 bits per heavy atom. The van der Waals surface area contributed by atoms with E-state index in [9.17, 15) is 4.79 Å². The fourth-order valence-corrected chi connectivity index (χ4v) is 3.78. The van der Waals surface area contributed by atoms with E-state index in [-0.39, 0.29) is 5.78 Å². The second-order valence-electron chi connectivity index (χ2n) is 5.55. The molecule has 20 heavy (non-hydrogen) atoms. The molecular weight excluding hydrogens is 288 g/mol. The van der Waals surface area contributed by atoms with E-state index in [0.717, 1.165) is 17.7 Å². The van der Waals surface area contributed by atoms with Crippen molar-refractivity contribution < 1.29 is 4.79 Å². The Bertz CT molecular complexity index is 434. The summed E-state index contributed by atoms with van der Waals surface area (Å²) in [4.78, 5) is 13.1. The molecule has 0 spiro atoms. The van der Waals surface area contributed by atoms with E-state index in [1.807, 2.05) is 17.5 Å². The first-order valence-electron chi connectivity index (χ1n) is 7.75. The molecule has 1 aliphatic rings. The number of Topliss-reactive ketones (excluding diaryl/α,β-unsaturated/α-hetero) is 1. The molecule has 0 amide bonds. The van der Waals surface area contributed by atoms with Crippen molar-refractivity contribution >= 4 is 28.7 Å². The zero-order chi connectivity index (χ0) is 14.2. The van der Waals surface area contributed by atoms with Gasteiger partial charge in [-0.2, -0.15) is 0 Å². The summed E-state index contributed by atoms with van der Waals surface area (Å²) in [7, 11) is 0. The van der Waals surface area contributed by atoms with Gasteiger partial charge in [-0.1, -0.05) is 56.2 Å². The molecule has 2 rings (SSSR count). The van der Waals surface area contributed by atoms with E-state index >= 15 is 0 Å². The van der Waals surface area contributed by atoms with Gasteiger partial charge >= 0.3 is 0 Å². The quantitative estimate of drug-likeness (QED) is 0.460. The Kier molecular flexibility index (Phi) is 6.81. The maximum absolute atomic E-state index is 12.3. The zero-order valence-corrected chi connectivity index (χ0v) is 13.6. The molecule has 3 heteroatoms. The molecule has 1 aromatic rings. The number of thiophene rings is 1. The predicted molar refractivity (Wildman–Crippen MR) is 87.7 cm³/mol. The van der Waals surface area contributed by atoms with Crippen molar-refractivity contribution in [1.29, 1.82) is 0 Å². The van der Waals surface area contributed by atoms with Crippen LogP contribution in [0.25, 0.3) is 0 Å². The van der Waals surface area contributed by atoms with Crippen LogP contribution in [0.15, 0.2) is 28.1 Å². The summed E-state index contributed by atoms with van der Waals surface area (Å²) >= 11 is 7.87. The van der Waals surface area contributed by atoms with E-state index in [1.54, 1.807) is 0 Å². The molecule has 0 aromatic carbocycles. The standard InChI is InChI=1S/C17H23ClOS/c18-16(17(19)15-12-9-13-20-15)14-10-7-5-3-1-2-4-6-8-11-14/h9,12-13H,1-8,10-11H2. The topological polar surface area (TPSA) is 17.1 Å². The minimum absolute atomic E-state index is 0.0199. The molecule has 0 aliphatic heterocycles. The first-order valence-corrected chi connectivity index (χ1v) is 9.00. The molecule has 0 radical (unpaired) electrons. The fraction of sp³-hybridized carbons (Fsp3) is 0.588. The predicted octanol–water partition coefficient (Wildman–Crippen LogP) is 6.34. The van der Waals surface area contributed by atoms with Gasteiger partial charge in [-0.15, -0.1) is 11.3 Å². The third-order valence-electron chi connectivity index (χ3n) is 3.96. The van der Waals surface area contributed by atoms with Crippen LogP contribution in [0.2, 0.25) is 0 Å². The van der Waals surface area contributed by atoms with E-state index in [1.165, 1.54) is 68.3 Å². The molecule has 1 saturated carbocycles. The Labute approximate surface area is 131 Å². The molecule has 110 valence electrons. The van der Waals surface area contributed by atoms with Crippen LogP contribution in [0.5, 0.6) is 0 Å². The van der Waals surface area contributed by atoms with Gasteiger partial charge in [0, 0.05) is 0 Å². The first kappa shape index (κ1) is 15.8. The van der Waals surface area contributed by atoms with Crippen molar-refractivity contribution in [3.8, 4) is 0 Å². The van der Waals surface area contributed by atoms with Crippen molar-refractivity contribution in [1.82, 2.24) is 0 Å². The summed E-state index contributed by atoms with van der Waals surface area (Å²) < 4.78 is 0. The maximum atomic E-state index is 12.3. The maximum Gasteiger partial charge on any atom is 0.214 e. The van der Waals surface area contributed by atoms with Crippen molar-refractivity contribution in [3.05, 3.63) is 33.0 Å². The lowest BCUT2D eigenvalue weighted by Gasteiger charge is -2.09. The van der Waals surface area contributed by atoms with Crippen LogP contribution in [-0.4, -0.2) is 5.78 Å². The number of carbonyl (C=O) groups is 1. The van der Waals surface area contributed by atoms with Crippen LogP contribution in [-0.2, 0) is 0 Å². The number of carbonyl (C=O) groups excluding carboxylic acids is 1. The van der Waals surface area contributed by atoms with E-state index < -0.39 is 0 Å². The van der Waals surface area contributed by atoms with Gasteiger partial charge in [-0.05, 0) is 42.7 Å². The third-order valence-corrected chi connectivity index (χ3v) is 5.27. The number of halogens is 1. The van der Waals surface area contributed by atoms with E-state index in [2.05, 4.69) is 0 Å². The summed E-state index contributed by atoms with van der Waals surface area (Å²) in [5.74, 6) is 0.0199. The average molecular weight is 311 g/mol. The summed E-state index contributed by atoms with van der Waals surface area (Å²) in [5.41, 5.74) is 1.19. The number of rotatable bonds is 2. The summed E-state index contributed by atoms with van der Waals surface area (Å²) in [6.45, 7) is 0. The van der Waals surface area contributed by atoms with Crippen LogP contribution in [0.3, 0.4) is 0 Å². The second kappa shape index (κ2) is 8.63. The highest BCUT2D eigenvalue weighted by Crippen LogP contribution is 2.28. The van der Waals surface area contributed by atoms with Gasteiger partial charge in [0.25, 0.3) is 0 Å². The van der Waals surface area contributed by atoms with E-state index in [0.29, 0.717) is 5.03 Å². The normalized spacial score (nSPS) is 18.4. The minimum Gasteiger partial charge on any atom is -0.287 e. The van der Waals surface area contributed by atoms with Crippen molar-refractivity contribution in [2.24, 2.45) is 0 Å². The lowest BCUT2D eigenvalue weighted by Crippen LogP contribution is -2.01. The van der Waals surface area contributed by atoms with Gasteiger partial charge in [-0.3, -0.25) is 4.79 Å². The fourth-order valence-electron chi connectivity index (χ4n) is 2.76. The Morgan fingerprint density at radius 3 is 2.00 bits per heavy atom. The van der Waals surface area contributed by atoms with Gasteiger partial charge in [0.05, 0.1) is 9.91 Å². The first-order chi connectivity index (χ1) is 9.79. The molecule has 0 atom stereocenters. The second-order valence-corrected chi connectivity index (χ2v) is 6.88. The van der Waals surface area contributed by atoms with Crippen LogP contribution in [0.4, 0.5) is 0 Å². The average Bonchev–Trinajstić information content (AvgIpc) is 2.97. The number of allylic oxidation sites excluding steroid dienone is 2. The molecule has 0 bridgehead atoms. The van der Waals surface area contributed by atoms with Gasteiger partial charge in [0.15, 0.2) is 0 Å². The highest BCUT2D eigenvalue weighted by Gasteiger charge is 2.16. The number of hydrogen-bond acceptors (Lipinski definition) is 2. The van der Waals surface area contributed by atoms with Crippen molar-refractivity contribution in [3.63, 3.8) is 0 Å². The molecule has 0 unspecified atom stereocenters. The van der Waals surface area contributed by atoms with Crippen LogP contribution < -0.4 is 0 Å². The molecule has 1 nitrogen and oxygen atoms in total. The van der Waals surface area contributed by atoms with Gasteiger partial charge in [0.2, 0.25) is 5.78 Å². The molecular formula is C17H23ClOS. The van der Waals surface area contributed by atoms with Gasteiger partial charge in [-0.25, -0.2) is 0 Å². The molecule has 1 aliphatic carbocycles. The smallest absolute Gasteiger partial charge is 0.214 e. The van der Waals surface area contributed by atoms with E-state index in [4.69, 9.17) is 11.6 Å². The molecule has 1 heterocycles. The Hall–Kier alpha value is -0.600. The van der Waals surface area contributed by atoms with Gasteiger partial charge in [0.1, 0.15) is 0 Å². The molecule has 1 fully saturated rings. The summed E-state index contributed by atoms with van der Waals surface area (Å²) in [6, 6.07) is 3.77. The van der Waals surface area contributed by atoms with Gasteiger partial charge < -0.3 is 0 Å². The third kappa shape index (κ3) is 4.75. The van der Waals surface area contributed by atoms with Crippen molar-refractivity contribution in [2.75, 3.05) is 0 Å².